The van der Waals surface area contributed by atoms with Gasteiger partial charge in [-0.1, -0.05) is 0 Å². The van der Waals surface area contributed by atoms with E-state index in [9.17, 15) is 17.6 Å². The van der Waals surface area contributed by atoms with Crippen LogP contribution in [0.25, 0.3) is 0 Å². The van der Waals surface area contributed by atoms with Crippen LogP contribution in [0.15, 0.2) is 23.1 Å². The summed E-state index contributed by atoms with van der Waals surface area (Å²) in [6.45, 7) is 3.02. The Labute approximate surface area is 159 Å². The van der Waals surface area contributed by atoms with E-state index in [1.807, 2.05) is 0 Å². The van der Waals surface area contributed by atoms with Crippen LogP contribution in [0.3, 0.4) is 0 Å². The Hall–Kier alpha value is -1.55. The highest BCUT2D eigenvalue weighted by molar-refractivity contribution is 7.89. The molecule has 3 rings (SSSR count). The number of hydrogen-bond donors (Lipinski definition) is 3. The molecule has 1 saturated heterocycles. The van der Waals surface area contributed by atoms with Gasteiger partial charge in [0.1, 0.15) is 5.82 Å². The first-order chi connectivity index (χ1) is 12.8. The molecule has 9 heteroatoms. The van der Waals surface area contributed by atoms with E-state index in [2.05, 4.69) is 15.4 Å². The lowest BCUT2D eigenvalue weighted by Crippen LogP contribution is -2.52. The summed E-state index contributed by atoms with van der Waals surface area (Å²) in [7, 11) is -2.26. The molecule has 7 nitrogen and oxygen atoms in total. The number of hydrogen-bond acceptors (Lipinski definition) is 5. The van der Waals surface area contributed by atoms with Gasteiger partial charge in [-0.15, -0.1) is 0 Å². The van der Waals surface area contributed by atoms with Crippen LogP contribution in [-0.2, 0) is 19.6 Å². The van der Waals surface area contributed by atoms with Crippen LogP contribution in [-0.4, -0.2) is 53.2 Å². The monoisotopic (exact) mass is 399 g/mol. The number of sulfonamides is 1. The Balaban J connectivity index is 1.57. The van der Waals surface area contributed by atoms with Gasteiger partial charge in [0.25, 0.3) is 0 Å². The summed E-state index contributed by atoms with van der Waals surface area (Å²) in [6, 6.07) is 3.38. The highest BCUT2D eigenvalue weighted by Gasteiger charge is 2.40. The second kappa shape index (κ2) is 8.22. The minimum Gasteiger partial charge on any atom is -0.379 e. The minimum atomic E-state index is -3.89. The van der Waals surface area contributed by atoms with Crippen molar-refractivity contribution in [1.29, 1.82) is 0 Å². The molecule has 150 valence electrons. The van der Waals surface area contributed by atoms with Gasteiger partial charge in [-0.3, -0.25) is 4.79 Å². The number of amides is 1. The topological polar surface area (TPSA) is 96.5 Å². The van der Waals surface area contributed by atoms with E-state index in [1.54, 1.807) is 7.11 Å². The normalized spacial score (nSPS) is 28.0. The lowest BCUT2D eigenvalue weighted by Gasteiger charge is -2.37. The summed E-state index contributed by atoms with van der Waals surface area (Å²) in [4.78, 5) is 12.2. The largest absolute Gasteiger partial charge is 0.379 e. The molecule has 1 aromatic rings. The number of nitrogens with one attached hydrogen (secondary N) is 3. The van der Waals surface area contributed by atoms with Crippen LogP contribution in [0.4, 0.5) is 4.39 Å². The average Bonchev–Trinajstić information content (AvgIpc) is 3.09. The van der Waals surface area contributed by atoms with E-state index in [4.69, 9.17) is 4.74 Å². The van der Waals surface area contributed by atoms with Crippen LogP contribution in [0.5, 0.6) is 0 Å². The number of carbonyl (C=O) groups excluding carboxylic acids is 1. The predicted molar refractivity (Wildman–Crippen MR) is 98.1 cm³/mol. The number of fused-ring (bicyclic) bond motifs is 1. The SMILES string of the molecule is CO[C@H]1C[C@@H]2CNC[C@@H]2C[C@@H]1NC(=O)CNS(=O)(=O)c1ccc(F)c(C)c1. The van der Waals surface area contributed by atoms with Crippen molar-refractivity contribution in [2.75, 3.05) is 26.7 Å². The molecule has 1 amide bonds. The van der Waals surface area contributed by atoms with E-state index >= 15 is 0 Å². The van der Waals surface area contributed by atoms with Crippen molar-refractivity contribution >= 4 is 15.9 Å². The molecule has 1 aromatic carbocycles. The molecule has 1 heterocycles. The van der Waals surface area contributed by atoms with Gasteiger partial charge in [0.15, 0.2) is 0 Å². The average molecular weight is 399 g/mol. The highest BCUT2D eigenvalue weighted by atomic mass is 32.2. The zero-order chi connectivity index (χ0) is 19.6. The molecule has 0 spiro atoms. The maximum atomic E-state index is 13.3. The Bertz CT molecular complexity index is 802. The van der Waals surface area contributed by atoms with Gasteiger partial charge in [0, 0.05) is 7.11 Å². The molecule has 0 aromatic heterocycles. The molecule has 2 aliphatic rings. The van der Waals surface area contributed by atoms with Crippen molar-refractivity contribution < 1.29 is 22.3 Å². The smallest absolute Gasteiger partial charge is 0.241 e. The maximum Gasteiger partial charge on any atom is 0.241 e. The molecule has 1 aliphatic carbocycles. The number of rotatable bonds is 6. The van der Waals surface area contributed by atoms with E-state index in [1.165, 1.54) is 19.1 Å². The molecule has 4 atom stereocenters. The Morgan fingerprint density at radius 3 is 2.67 bits per heavy atom. The lowest BCUT2D eigenvalue weighted by molar-refractivity contribution is -0.122. The third kappa shape index (κ3) is 4.66. The van der Waals surface area contributed by atoms with Gasteiger partial charge in [-0.05, 0) is 68.5 Å². The Morgan fingerprint density at radius 2 is 2.00 bits per heavy atom. The summed E-state index contributed by atoms with van der Waals surface area (Å²) >= 11 is 0. The number of benzene rings is 1. The predicted octanol–water partition coefficient (Wildman–Crippen LogP) is 0.542. The van der Waals surface area contributed by atoms with Crippen LogP contribution in [0.1, 0.15) is 18.4 Å². The molecule has 3 N–H and O–H groups in total. The molecule has 0 bridgehead atoms. The summed E-state index contributed by atoms with van der Waals surface area (Å²) in [5, 5.41) is 6.27. The molecule has 0 unspecified atom stereocenters. The summed E-state index contributed by atoms with van der Waals surface area (Å²) in [6.07, 6.45) is 1.61. The first-order valence-corrected chi connectivity index (χ1v) is 10.6. The zero-order valence-corrected chi connectivity index (χ0v) is 16.3. The fourth-order valence-electron chi connectivity index (χ4n) is 3.98. The van der Waals surface area contributed by atoms with Crippen LogP contribution >= 0.6 is 0 Å². The van der Waals surface area contributed by atoms with Gasteiger partial charge in [0.2, 0.25) is 15.9 Å². The first-order valence-electron chi connectivity index (χ1n) is 9.09. The zero-order valence-electron chi connectivity index (χ0n) is 15.5. The lowest BCUT2D eigenvalue weighted by atomic mass is 9.77. The van der Waals surface area contributed by atoms with Crippen molar-refractivity contribution in [3.05, 3.63) is 29.6 Å². The van der Waals surface area contributed by atoms with E-state index in [0.29, 0.717) is 11.8 Å². The molecule has 1 saturated carbocycles. The molecular formula is C18H26FN3O4S. The third-order valence-corrected chi connectivity index (χ3v) is 6.93. The van der Waals surface area contributed by atoms with Gasteiger partial charge >= 0.3 is 0 Å². The van der Waals surface area contributed by atoms with Crippen molar-refractivity contribution in [3.8, 4) is 0 Å². The molecule has 27 heavy (non-hydrogen) atoms. The van der Waals surface area contributed by atoms with Crippen LogP contribution < -0.4 is 15.4 Å². The fourth-order valence-corrected chi connectivity index (χ4v) is 5.04. The molecule has 2 fully saturated rings. The quantitative estimate of drug-likeness (QED) is 0.649. The van der Waals surface area contributed by atoms with Gasteiger partial charge in [-0.2, -0.15) is 0 Å². The standard InChI is InChI=1S/C18H26FN3O4S/c1-11-5-14(3-4-15(11)19)27(24,25)21-10-18(23)22-16-6-12-8-20-9-13(12)7-17(16)26-2/h3-5,12-13,16-17,20-21H,6-10H2,1-2H3,(H,22,23)/t12-,13+,16-,17-/m0/s1. The number of carbonyl (C=O) groups is 1. The third-order valence-electron chi connectivity index (χ3n) is 5.53. The fraction of sp³-hybridized carbons (Fsp3) is 0.611. The molecule has 1 aliphatic heterocycles. The number of aryl methyl sites for hydroxylation is 1. The number of halogens is 1. The van der Waals surface area contributed by atoms with Crippen LogP contribution in [0.2, 0.25) is 0 Å². The van der Waals surface area contributed by atoms with Crippen molar-refractivity contribution in [3.63, 3.8) is 0 Å². The van der Waals surface area contributed by atoms with E-state index < -0.39 is 21.7 Å². The van der Waals surface area contributed by atoms with Crippen LogP contribution in [0, 0.1) is 24.6 Å². The van der Waals surface area contributed by atoms with Crippen molar-refractivity contribution in [2.45, 2.75) is 36.8 Å². The Kier molecular flexibility index (Phi) is 6.15. The molecular weight excluding hydrogens is 373 g/mol. The van der Waals surface area contributed by atoms with Crippen molar-refractivity contribution in [1.82, 2.24) is 15.4 Å². The summed E-state index contributed by atoms with van der Waals surface area (Å²) in [5.74, 6) is 0.173. The highest BCUT2D eigenvalue weighted by Crippen LogP contribution is 2.34. The number of ether oxygens (including phenoxy) is 1. The molecule has 0 radical (unpaired) electrons. The summed E-state index contributed by atoms with van der Waals surface area (Å²) in [5.41, 5.74) is 0.229. The van der Waals surface area contributed by atoms with E-state index in [-0.39, 0.29) is 29.1 Å². The minimum absolute atomic E-state index is 0.0680. The van der Waals surface area contributed by atoms with Crippen molar-refractivity contribution in [2.24, 2.45) is 11.8 Å². The van der Waals surface area contributed by atoms with E-state index in [0.717, 1.165) is 32.0 Å². The Morgan fingerprint density at radius 1 is 1.30 bits per heavy atom. The maximum absolute atomic E-state index is 13.3. The second-order valence-corrected chi connectivity index (χ2v) is 9.10. The van der Waals surface area contributed by atoms with Gasteiger partial charge in [0.05, 0.1) is 23.6 Å². The first kappa shape index (κ1) is 20.2. The van der Waals surface area contributed by atoms with Gasteiger partial charge < -0.3 is 15.4 Å². The summed E-state index contributed by atoms with van der Waals surface area (Å²) < 4.78 is 45.8. The number of methoxy groups -OCH3 is 1. The second-order valence-electron chi connectivity index (χ2n) is 7.33. The van der Waals surface area contributed by atoms with Gasteiger partial charge in [-0.25, -0.2) is 17.5 Å².